The number of methoxy groups -OCH3 is 1. The fourth-order valence-electron chi connectivity index (χ4n) is 3.52. The third kappa shape index (κ3) is 3.02. The number of fused-ring (bicyclic) bond motifs is 2. The molecule has 2 bridgehead atoms. The zero-order chi connectivity index (χ0) is 13.9. The molecule has 1 saturated heterocycles. The lowest BCUT2D eigenvalue weighted by atomic mass is 10.1. The van der Waals surface area contributed by atoms with Gasteiger partial charge in [-0.25, -0.2) is 0 Å². The molecule has 20 heavy (non-hydrogen) atoms. The Morgan fingerprint density at radius 2 is 2.30 bits per heavy atom. The normalized spacial score (nSPS) is 24.6. The van der Waals surface area contributed by atoms with Crippen LogP contribution in [0.25, 0.3) is 0 Å². The van der Waals surface area contributed by atoms with Gasteiger partial charge in [-0.15, -0.1) is 0 Å². The summed E-state index contributed by atoms with van der Waals surface area (Å²) in [5.41, 5.74) is 2.69. The van der Waals surface area contributed by atoms with Crippen molar-refractivity contribution in [2.24, 2.45) is 5.92 Å². The molecule has 1 aliphatic heterocycles. The quantitative estimate of drug-likeness (QED) is 0.806. The van der Waals surface area contributed by atoms with Crippen molar-refractivity contribution in [2.75, 3.05) is 31.7 Å². The first-order valence-corrected chi connectivity index (χ1v) is 8.32. The first kappa shape index (κ1) is 14.4. The number of ether oxygens (including phenoxy) is 1. The van der Waals surface area contributed by atoms with Crippen molar-refractivity contribution in [3.63, 3.8) is 0 Å². The van der Waals surface area contributed by atoms with Crippen LogP contribution in [0.5, 0.6) is 0 Å². The number of benzene rings is 1. The second-order valence-corrected chi connectivity index (χ2v) is 6.79. The number of hydrogen-bond acceptors (Lipinski definition) is 3. The Balaban J connectivity index is 1.62. The monoisotopic (exact) mass is 338 g/mol. The Morgan fingerprint density at radius 3 is 2.95 bits per heavy atom. The molecule has 0 radical (unpaired) electrons. The minimum Gasteiger partial charge on any atom is -0.383 e. The van der Waals surface area contributed by atoms with Gasteiger partial charge in [-0.3, -0.25) is 0 Å². The molecule has 3 nitrogen and oxygen atoms in total. The summed E-state index contributed by atoms with van der Waals surface area (Å²) in [5.74, 6) is 0.933. The van der Waals surface area contributed by atoms with E-state index in [1.807, 2.05) is 0 Å². The first-order chi connectivity index (χ1) is 9.78. The summed E-state index contributed by atoms with van der Waals surface area (Å²) < 4.78 is 6.27. The molecule has 1 aromatic carbocycles. The number of nitrogens with zero attached hydrogens (tertiary/aromatic N) is 1. The summed E-state index contributed by atoms with van der Waals surface area (Å²) in [7, 11) is 1.73. The van der Waals surface area contributed by atoms with E-state index in [9.17, 15) is 0 Å². The van der Waals surface area contributed by atoms with Crippen molar-refractivity contribution in [2.45, 2.75) is 31.8 Å². The van der Waals surface area contributed by atoms with E-state index in [0.717, 1.165) is 31.7 Å². The van der Waals surface area contributed by atoms with Gasteiger partial charge < -0.3 is 15.0 Å². The third-order valence-corrected chi connectivity index (χ3v) is 5.18. The van der Waals surface area contributed by atoms with Gasteiger partial charge >= 0.3 is 0 Å². The maximum Gasteiger partial charge on any atom is 0.0587 e. The highest BCUT2D eigenvalue weighted by Gasteiger charge is 2.38. The summed E-state index contributed by atoms with van der Waals surface area (Å²) in [4.78, 5) is 2.60. The molecular formula is C16H23BrN2O. The lowest BCUT2D eigenvalue weighted by molar-refractivity contribution is 0.199. The Morgan fingerprint density at radius 1 is 1.40 bits per heavy atom. The number of rotatable bonds is 6. The van der Waals surface area contributed by atoms with Crippen LogP contribution in [0.2, 0.25) is 0 Å². The van der Waals surface area contributed by atoms with E-state index < -0.39 is 0 Å². The minimum absolute atomic E-state index is 0.760. The highest BCUT2D eigenvalue weighted by Crippen LogP contribution is 2.42. The van der Waals surface area contributed by atoms with Gasteiger partial charge in [0.25, 0.3) is 0 Å². The highest BCUT2D eigenvalue weighted by atomic mass is 79.9. The summed E-state index contributed by atoms with van der Waals surface area (Å²) in [6, 6.07) is 7.55. The highest BCUT2D eigenvalue weighted by molar-refractivity contribution is 9.10. The van der Waals surface area contributed by atoms with Crippen LogP contribution in [-0.4, -0.2) is 32.8 Å². The van der Waals surface area contributed by atoms with Crippen molar-refractivity contribution in [1.82, 2.24) is 5.32 Å². The van der Waals surface area contributed by atoms with Crippen molar-refractivity contribution >= 4 is 21.6 Å². The maximum absolute atomic E-state index is 5.04. The number of halogens is 1. The molecule has 2 unspecified atom stereocenters. The lowest BCUT2D eigenvalue weighted by Crippen LogP contribution is -2.32. The predicted molar refractivity (Wildman–Crippen MR) is 86.2 cm³/mol. The van der Waals surface area contributed by atoms with Gasteiger partial charge in [-0.2, -0.15) is 0 Å². The smallest absolute Gasteiger partial charge is 0.0587 e. The van der Waals surface area contributed by atoms with Crippen LogP contribution in [-0.2, 0) is 11.3 Å². The molecule has 2 aliphatic rings. The van der Waals surface area contributed by atoms with Crippen molar-refractivity contribution in [1.29, 1.82) is 0 Å². The van der Waals surface area contributed by atoms with Crippen LogP contribution < -0.4 is 10.2 Å². The third-order valence-electron chi connectivity index (χ3n) is 4.54. The number of nitrogens with one attached hydrogen (secondary N) is 1. The predicted octanol–water partition coefficient (Wildman–Crippen LogP) is 3.17. The standard InChI is InChI=1S/C16H23BrN2O/c1-20-7-6-18-10-12-3-5-16(15(17)9-12)19-11-13-2-4-14(19)8-13/h3,5,9,13-14,18H,2,4,6-8,10-11H2,1H3. The largest absolute Gasteiger partial charge is 0.383 e. The van der Waals surface area contributed by atoms with Gasteiger partial charge in [0.2, 0.25) is 0 Å². The Hall–Kier alpha value is -0.580. The van der Waals surface area contributed by atoms with Gasteiger partial charge in [0, 0.05) is 37.3 Å². The molecule has 0 amide bonds. The van der Waals surface area contributed by atoms with Crippen LogP contribution in [0.3, 0.4) is 0 Å². The van der Waals surface area contributed by atoms with Crippen LogP contribution in [0.15, 0.2) is 22.7 Å². The molecule has 4 heteroatoms. The molecule has 3 rings (SSSR count). The SMILES string of the molecule is COCCNCc1ccc(N2CC3CCC2C3)c(Br)c1. The second-order valence-electron chi connectivity index (χ2n) is 5.94. The van der Waals surface area contributed by atoms with Crippen molar-refractivity contribution < 1.29 is 4.74 Å². The van der Waals surface area contributed by atoms with Gasteiger partial charge in [0.05, 0.1) is 12.3 Å². The molecule has 1 heterocycles. The fraction of sp³-hybridized carbons (Fsp3) is 0.625. The first-order valence-electron chi connectivity index (χ1n) is 7.52. The summed E-state index contributed by atoms with van der Waals surface area (Å²) in [5, 5.41) is 3.39. The molecule has 2 fully saturated rings. The van der Waals surface area contributed by atoms with Gasteiger partial charge in [-0.1, -0.05) is 6.07 Å². The molecule has 1 aliphatic carbocycles. The van der Waals surface area contributed by atoms with E-state index in [1.54, 1.807) is 7.11 Å². The Bertz CT molecular complexity index is 466. The van der Waals surface area contributed by atoms with E-state index >= 15 is 0 Å². The molecule has 1 aromatic rings. The Labute approximate surface area is 129 Å². The fourth-order valence-corrected chi connectivity index (χ4v) is 4.17. The summed E-state index contributed by atoms with van der Waals surface area (Å²) in [6.45, 7) is 3.80. The molecule has 2 atom stereocenters. The van der Waals surface area contributed by atoms with Gasteiger partial charge in [0.15, 0.2) is 0 Å². The zero-order valence-electron chi connectivity index (χ0n) is 12.1. The topological polar surface area (TPSA) is 24.5 Å². The molecule has 1 N–H and O–H groups in total. The lowest BCUT2D eigenvalue weighted by Gasteiger charge is -2.30. The average molecular weight is 339 g/mol. The number of piperidine rings is 1. The number of anilines is 1. The van der Waals surface area contributed by atoms with E-state index in [1.165, 1.54) is 41.5 Å². The molecular weight excluding hydrogens is 316 g/mol. The molecule has 0 spiro atoms. The van der Waals surface area contributed by atoms with Crippen LogP contribution in [0, 0.1) is 5.92 Å². The van der Waals surface area contributed by atoms with Gasteiger partial charge in [0.1, 0.15) is 0 Å². The molecule has 0 aromatic heterocycles. The summed E-state index contributed by atoms with van der Waals surface area (Å²) >= 11 is 3.76. The van der Waals surface area contributed by atoms with E-state index in [4.69, 9.17) is 4.74 Å². The molecule has 110 valence electrons. The second kappa shape index (κ2) is 6.46. The van der Waals surface area contributed by atoms with Crippen molar-refractivity contribution in [3.8, 4) is 0 Å². The van der Waals surface area contributed by atoms with E-state index in [-0.39, 0.29) is 0 Å². The average Bonchev–Trinajstić information content (AvgIpc) is 3.06. The molecule has 1 saturated carbocycles. The maximum atomic E-state index is 5.04. The van der Waals surface area contributed by atoms with E-state index in [0.29, 0.717) is 0 Å². The number of hydrogen-bond donors (Lipinski definition) is 1. The Kier molecular flexibility index (Phi) is 4.64. The van der Waals surface area contributed by atoms with Crippen LogP contribution in [0.4, 0.5) is 5.69 Å². The summed E-state index contributed by atoms with van der Waals surface area (Å²) in [6.07, 6.45) is 4.20. The van der Waals surface area contributed by atoms with Gasteiger partial charge in [-0.05, 0) is 58.8 Å². The van der Waals surface area contributed by atoms with Crippen LogP contribution >= 0.6 is 15.9 Å². The van der Waals surface area contributed by atoms with Crippen LogP contribution in [0.1, 0.15) is 24.8 Å². The zero-order valence-corrected chi connectivity index (χ0v) is 13.7. The van der Waals surface area contributed by atoms with Crippen molar-refractivity contribution in [3.05, 3.63) is 28.2 Å². The van der Waals surface area contributed by atoms with E-state index in [2.05, 4.69) is 44.3 Å². The minimum atomic E-state index is 0.760.